The Hall–Kier alpha value is -9.27. The number of guanidine groups is 1. The number of carbonyl (C=O) groups excluding carboxylic acids is 12. The number of amides is 7. The second kappa shape index (κ2) is 88.6. The molecule has 6 rings (SSSR count). The van der Waals surface area contributed by atoms with Crippen LogP contribution in [0.2, 0.25) is 0 Å². The molecular formula is C91H163N13O26S. The number of aromatic nitrogens is 3. The maximum atomic E-state index is 15.1. The fourth-order valence-corrected chi connectivity index (χ4v) is 12.5. The lowest BCUT2D eigenvalue weighted by Gasteiger charge is -2.29. The SMILES string of the molecule is CC(C)C[C@H](NC(=O)[C@@H](CCCCNC(=O)CCOCCS)CC(=O)[C@H](Cc1ccc(O)cc1)NC(=O)[C@H](CO)CC(=O)[C@H](Cc1c[nH]c2ccccc12)NC(=O)[C@@H](CC(=O)C1CCC(=O)N1)Cc1cnc[nH]1)C(=O)C[C@@H](CCCN=C(N)N)C(=O)N1CCC[C@@H]1C(=O)CCC(N)=O.CCO.CCO.CCO.CCO.CCO.CCO.CCO.CCO.CCO.CCO.CCO. The first-order valence-electron chi connectivity index (χ1n) is 45.0. The van der Waals surface area contributed by atoms with Crippen molar-refractivity contribution in [3.63, 3.8) is 0 Å². The second-order valence-corrected chi connectivity index (χ2v) is 29.8. The smallest absolute Gasteiger partial charge is 0.226 e. The minimum atomic E-state index is -1.51. The van der Waals surface area contributed by atoms with Gasteiger partial charge in [0.05, 0.1) is 68.2 Å². The lowest BCUT2D eigenvalue weighted by Crippen LogP contribution is -2.50. The standard InChI is InChI=1S/C69H97N13O15S.11C2H6O/c1-41(2)29-53(60(88)34-44(10-7-24-75-69(71)72)68(96)82-25-8-13-56(82)57(85)19-20-62(70)90)79-65(93)43(9-5-6-23-74-63(91)22-26-97-27-28-98)33-59(87)54(30-42-14-16-49(84)17-15-42)80-67(95)47(39-83)36-61(89)55(32-46-37-76-51-12-4-3-11-50(46)51)81-66(94)45(31-48-38-73-40-77-48)35-58(86)52-18-21-64(92)78-52;11*1-2-3/h3-4,11-12,14-17,37-38,40-41,43-45,47,52-56,76,83-84,98H,5-10,13,18-36,39H2,1-2H3,(H2,70,90)(H,73,77)(H,74,91)(H,78,92)(H,79,93)(H,80,95)(H,81,94)(H4,71,72,75);11*3H,2H2,1H3/t43-,44+,45+,47-,52?,53-,54-,55-,56+;;;;;;;;;;;/m0.........../s1. The molecule has 2 aliphatic rings. The number of unbranched alkanes of at least 4 members (excludes halogenated alkanes) is 1. The molecule has 2 aromatic heterocycles. The number of Topliss-reactive ketones (excluding diaryl/α,β-unsaturated/α-hetero) is 5. The van der Waals surface area contributed by atoms with Crippen molar-refractivity contribution in [2.45, 2.75) is 249 Å². The number of phenolic OH excluding ortho intramolecular Hbond substituents is 1. The van der Waals surface area contributed by atoms with E-state index in [0.717, 1.165) is 10.9 Å². The van der Waals surface area contributed by atoms with E-state index >= 15 is 4.79 Å². The third kappa shape index (κ3) is 67.5. The summed E-state index contributed by atoms with van der Waals surface area (Å²) in [4.78, 5) is 183. The number of para-hydroxylation sites is 1. The van der Waals surface area contributed by atoms with E-state index < -0.39 is 120 Å². The average molecular weight is 1890 g/mol. The number of aliphatic hydroxyl groups excluding tert-OH is 12. The molecule has 0 bridgehead atoms. The molecule has 1 unspecified atom stereocenters. The van der Waals surface area contributed by atoms with Crippen LogP contribution in [0.3, 0.4) is 0 Å². The summed E-state index contributed by atoms with van der Waals surface area (Å²) in [5.74, 6) is -11.2. The molecule has 39 nitrogen and oxygen atoms in total. The molecule has 7 amide bonds. The first-order valence-corrected chi connectivity index (χ1v) is 45.7. The number of hydrogen-bond donors (Lipinski definition) is 24. The summed E-state index contributed by atoms with van der Waals surface area (Å²) >= 11 is 4.12. The summed E-state index contributed by atoms with van der Waals surface area (Å²) in [6.45, 7) is 25.1. The number of thiol groups is 1. The van der Waals surface area contributed by atoms with Crippen molar-refractivity contribution in [2.75, 3.05) is 118 Å². The number of hydrogen-bond acceptors (Lipinski definition) is 29. The summed E-state index contributed by atoms with van der Waals surface area (Å²) in [6.07, 6.45) is 4.67. The van der Waals surface area contributed by atoms with Crippen molar-refractivity contribution < 1.29 is 129 Å². The molecule has 754 valence electrons. The van der Waals surface area contributed by atoms with Crippen LogP contribution in [-0.4, -0.2) is 311 Å². The highest BCUT2D eigenvalue weighted by Gasteiger charge is 2.40. The van der Waals surface area contributed by atoms with Gasteiger partial charge in [0.2, 0.25) is 41.4 Å². The number of benzene rings is 2. The number of nitrogens with zero attached hydrogens (tertiary/aromatic N) is 3. The molecule has 0 spiro atoms. The van der Waals surface area contributed by atoms with Gasteiger partial charge in [0.1, 0.15) is 5.75 Å². The molecule has 40 heteroatoms. The number of aliphatic imine (C=N–C) groups is 1. The number of ketones is 5. The topological polar surface area (TPSA) is 675 Å². The van der Waals surface area contributed by atoms with Crippen LogP contribution in [0.1, 0.15) is 216 Å². The minimum Gasteiger partial charge on any atom is -0.508 e. The number of imidazole rings is 1. The lowest BCUT2D eigenvalue weighted by molar-refractivity contribution is -0.143. The third-order valence-corrected chi connectivity index (χ3v) is 17.9. The van der Waals surface area contributed by atoms with Crippen molar-refractivity contribution in [1.29, 1.82) is 0 Å². The molecule has 131 heavy (non-hydrogen) atoms. The van der Waals surface area contributed by atoms with Gasteiger partial charge in [-0.15, -0.1) is 0 Å². The van der Waals surface area contributed by atoms with E-state index in [1.165, 1.54) is 41.7 Å². The van der Waals surface area contributed by atoms with Gasteiger partial charge in [-0.1, -0.05) is 50.6 Å². The molecule has 4 aromatic rings. The number of aromatic hydroxyl groups is 1. The molecule has 0 radical (unpaired) electrons. The van der Waals surface area contributed by atoms with Gasteiger partial charge in [0.15, 0.2) is 34.9 Å². The maximum absolute atomic E-state index is 15.1. The zero-order chi connectivity index (χ0) is 101. The number of fused-ring (bicyclic) bond motifs is 1. The van der Waals surface area contributed by atoms with Crippen molar-refractivity contribution in [2.24, 2.45) is 51.8 Å². The Kier molecular flexibility index (Phi) is 89.6. The fraction of sp³-hybridized carbons (Fsp3) is 0.670. The number of nitrogens with one attached hydrogen (secondary N) is 7. The number of carbonyl (C=O) groups is 12. The number of aromatic amines is 2. The zero-order valence-corrected chi connectivity index (χ0v) is 80.5. The fourth-order valence-electron chi connectivity index (χ4n) is 12.4. The predicted octanol–water partition coefficient (Wildman–Crippen LogP) is 2.18. The van der Waals surface area contributed by atoms with Gasteiger partial charge in [0, 0.05) is 203 Å². The summed E-state index contributed by atoms with van der Waals surface area (Å²) in [5.41, 5.74) is 18.9. The number of primary amides is 1. The van der Waals surface area contributed by atoms with Crippen molar-refractivity contribution >= 4 is 99.8 Å². The monoisotopic (exact) mass is 1890 g/mol. The summed E-state index contributed by atoms with van der Waals surface area (Å²) in [7, 11) is 0. The van der Waals surface area contributed by atoms with E-state index in [4.69, 9.17) is 78.1 Å². The molecule has 2 saturated heterocycles. The summed E-state index contributed by atoms with van der Waals surface area (Å²) in [5, 5.41) is 119. The number of phenols is 1. The van der Waals surface area contributed by atoms with Crippen LogP contribution in [0.4, 0.5) is 0 Å². The quantitative estimate of drug-likeness (QED) is 0.0130. The van der Waals surface area contributed by atoms with Gasteiger partial charge in [-0.2, -0.15) is 12.6 Å². The molecule has 2 fully saturated rings. The Morgan fingerprint density at radius 1 is 0.565 bits per heavy atom. The van der Waals surface area contributed by atoms with Crippen LogP contribution in [0, 0.1) is 29.6 Å². The van der Waals surface area contributed by atoms with Gasteiger partial charge < -0.3 is 130 Å². The Balaban J connectivity index is -0.00000103. The first kappa shape index (κ1) is 132. The van der Waals surface area contributed by atoms with E-state index in [0.29, 0.717) is 48.4 Å². The molecule has 26 N–H and O–H groups in total. The highest BCUT2D eigenvalue weighted by molar-refractivity contribution is 7.80. The molecule has 0 saturated carbocycles. The van der Waals surface area contributed by atoms with Gasteiger partial charge in [-0.25, -0.2) is 4.98 Å². The van der Waals surface area contributed by atoms with Gasteiger partial charge in [0.25, 0.3) is 0 Å². The summed E-state index contributed by atoms with van der Waals surface area (Å²) < 4.78 is 5.39. The van der Waals surface area contributed by atoms with Crippen LogP contribution >= 0.6 is 12.6 Å². The number of ether oxygens (including phenoxy) is 1. The summed E-state index contributed by atoms with van der Waals surface area (Å²) in [6, 6.07) is 7.51. The first-order chi connectivity index (χ1) is 62.5. The number of H-pyrrole nitrogens is 2. The van der Waals surface area contributed by atoms with Crippen LogP contribution in [-0.2, 0) is 81.5 Å². The highest BCUT2D eigenvalue weighted by atomic mass is 32.1. The Bertz CT molecular complexity index is 3600. The van der Waals surface area contributed by atoms with Gasteiger partial charge >= 0.3 is 0 Å². The molecular weight excluding hydrogens is 1720 g/mol. The van der Waals surface area contributed by atoms with E-state index in [2.05, 4.69) is 59.2 Å². The van der Waals surface area contributed by atoms with E-state index in [1.54, 1.807) is 88.4 Å². The normalized spacial score (nSPS) is 13.9. The van der Waals surface area contributed by atoms with Crippen LogP contribution in [0.25, 0.3) is 10.9 Å². The second-order valence-electron chi connectivity index (χ2n) is 29.3. The van der Waals surface area contributed by atoms with Crippen LogP contribution < -0.4 is 43.8 Å². The minimum absolute atomic E-state index is 0.00912. The largest absolute Gasteiger partial charge is 0.508 e. The maximum Gasteiger partial charge on any atom is 0.226 e. The Morgan fingerprint density at radius 2 is 1.06 bits per heavy atom. The number of rotatable bonds is 46. The molecule has 4 heterocycles. The average Bonchev–Trinajstić information content (AvgIpc) is 1.65. The van der Waals surface area contributed by atoms with E-state index in [9.17, 15) is 63.0 Å². The Labute approximate surface area is 779 Å². The molecule has 2 aliphatic heterocycles. The number of nitrogens with two attached hydrogens (primary N) is 3. The van der Waals surface area contributed by atoms with E-state index in [1.807, 2.05) is 32.0 Å². The lowest BCUT2D eigenvalue weighted by atomic mass is 9.87. The zero-order valence-electron chi connectivity index (χ0n) is 79.6. The highest BCUT2D eigenvalue weighted by Crippen LogP contribution is 2.29. The van der Waals surface area contributed by atoms with Crippen LogP contribution in [0.5, 0.6) is 5.75 Å². The molecule has 0 aliphatic carbocycles. The number of aliphatic hydroxyl groups is 12. The van der Waals surface area contributed by atoms with E-state index in [-0.39, 0.29) is 236 Å². The predicted molar refractivity (Wildman–Crippen MR) is 507 cm³/mol. The Morgan fingerprint density at radius 3 is 1.56 bits per heavy atom. The van der Waals surface area contributed by atoms with Crippen molar-refractivity contribution in [3.8, 4) is 5.75 Å². The molecule has 9 atom stereocenters. The van der Waals surface area contributed by atoms with Crippen LogP contribution in [0.15, 0.2) is 72.2 Å². The van der Waals surface area contributed by atoms with Crippen molar-refractivity contribution in [1.82, 2.24) is 46.4 Å². The molecule has 2 aromatic carbocycles. The number of likely N-dealkylation sites (tertiary alicyclic amines) is 1. The van der Waals surface area contributed by atoms with Gasteiger partial charge in [-0.3, -0.25) is 62.5 Å². The third-order valence-electron chi connectivity index (χ3n) is 17.7. The van der Waals surface area contributed by atoms with Gasteiger partial charge in [-0.05, 0) is 169 Å². The van der Waals surface area contributed by atoms with Crippen molar-refractivity contribution in [3.05, 3.63) is 84.1 Å².